The van der Waals surface area contributed by atoms with Gasteiger partial charge in [0.05, 0.1) is 12.3 Å². The van der Waals surface area contributed by atoms with Crippen molar-refractivity contribution in [2.24, 2.45) is 0 Å². The molecule has 2 aromatic carbocycles. The van der Waals surface area contributed by atoms with Crippen LogP contribution in [0.15, 0.2) is 42.5 Å². The van der Waals surface area contributed by atoms with Gasteiger partial charge in [-0.25, -0.2) is 9.18 Å². The first-order valence-corrected chi connectivity index (χ1v) is 10.5. The lowest BCUT2D eigenvalue weighted by Gasteiger charge is -2.36. The average molecular weight is 429 g/mol. The van der Waals surface area contributed by atoms with Gasteiger partial charge in [-0.15, -0.1) is 0 Å². The highest BCUT2D eigenvalue weighted by Crippen LogP contribution is 2.28. The quantitative estimate of drug-likeness (QED) is 0.665. The molecule has 0 saturated carbocycles. The van der Waals surface area contributed by atoms with Crippen LogP contribution in [0.25, 0.3) is 0 Å². The zero-order valence-electron chi connectivity index (χ0n) is 18.0. The van der Waals surface area contributed by atoms with Crippen LogP contribution in [0, 0.1) is 12.7 Å². The van der Waals surface area contributed by atoms with Crippen LogP contribution in [0.4, 0.5) is 14.9 Å². The van der Waals surface area contributed by atoms with E-state index in [1.54, 1.807) is 24.0 Å². The Kier molecular flexibility index (Phi) is 7.70. The number of ether oxygens (including phenoxy) is 1. The number of para-hydroxylation sites is 2. The average Bonchev–Trinajstić information content (AvgIpc) is 2.79. The highest BCUT2D eigenvalue weighted by atomic mass is 19.1. The van der Waals surface area contributed by atoms with Gasteiger partial charge in [0.1, 0.15) is 11.6 Å². The predicted molar refractivity (Wildman–Crippen MR) is 118 cm³/mol. The van der Waals surface area contributed by atoms with Crippen LogP contribution in [0.2, 0.25) is 0 Å². The van der Waals surface area contributed by atoms with Gasteiger partial charge in [-0.05, 0) is 43.7 Å². The van der Waals surface area contributed by atoms with Gasteiger partial charge >= 0.3 is 6.03 Å². The van der Waals surface area contributed by atoms with Crippen LogP contribution in [-0.2, 0) is 0 Å². The van der Waals surface area contributed by atoms with E-state index in [4.69, 9.17) is 4.74 Å². The standard InChI is InChI=1S/C23H29FN4O3/c1-3-31-21-7-5-4-6-20(21)27-12-14-28(15-13-27)23(30)26-11-10-25-22(29)18-9-8-17(2)19(24)16-18/h4-9,16H,3,10-15H2,1-2H3,(H,25,29)(H,26,30). The summed E-state index contributed by atoms with van der Waals surface area (Å²) in [7, 11) is 0. The zero-order valence-corrected chi connectivity index (χ0v) is 18.0. The number of anilines is 1. The fourth-order valence-electron chi connectivity index (χ4n) is 3.44. The molecule has 0 unspecified atom stereocenters. The second kappa shape index (κ2) is 10.7. The molecule has 0 atom stereocenters. The van der Waals surface area contributed by atoms with Gasteiger partial charge in [0.15, 0.2) is 0 Å². The van der Waals surface area contributed by atoms with E-state index in [2.05, 4.69) is 15.5 Å². The number of hydrogen-bond acceptors (Lipinski definition) is 4. The molecule has 0 aromatic heterocycles. The van der Waals surface area contributed by atoms with Crippen molar-refractivity contribution in [2.75, 3.05) is 50.8 Å². The summed E-state index contributed by atoms with van der Waals surface area (Å²) in [5, 5.41) is 5.51. The molecule has 7 nitrogen and oxygen atoms in total. The Hall–Kier alpha value is -3.29. The molecule has 166 valence electrons. The molecular weight excluding hydrogens is 399 g/mol. The molecule has 3 amide bonds. The fourth-order valence-corrected chi connectivity index (χ4v) is 3.44. The first-order chi connectivity index (χ1) is 15.0. The molecule has 2 aromatic rings. The van der Waals surface area contributed by atoms with Crippen molar-refractivity contribution in [1.82, 2.24) is 15.5 Å². The minimum atomic E-state index is -0.413. The lowest BCUT2D eigenvalue weighted by atomic mass is 10.1. The molecule has 2 N–H and O–H groups in total. The molecular formula is C23H29FN4O3. The molecule has 0 radical (unpaired) electrons. The van der Waals surface area contributed by atoms with Gasteiger partial charge in [0.25, 0.3) is 5.91 Å². The predicted octanol–water partition coefficient (Wildman–Crippen LogP) is 2.79. The molecule has 0 spiro atoms. The van der Waals surface area contributed by atoms with Gasteiger partial charge in [-0.2, -0.15) is 0 Å². The van der Waals surface area contributed by atoms with Crippen molar-refractivity contribution >= 4 is 17.6 Å². The van der Waals surface area contributed by atoms with Crippen molar-refractivity contribution < 1.29 is 18.7 Å². The molecule has 1 saturated heterocycles. The van der Waals surface area contributed by atoms with E-state index in [0.717, 1.165) is 11.4 Å². The summed E-state index contributed by atoms with van der Waals surface area (Å²) < 4.78 is 19.3. The number of carbonyl (C=O) groups excluding carboxylic acids is 2. The van der Waals surface area contributed by atoms with Crippen molar-refractivity contribution in [3.8, 4) is 5.75 Å². The second-order valence-electron chi connectivity index (χ2n) is 7.33. The SMILES string of the molecule is CCOc1ccccc1N1CCN(C(=O)NCCNC(=O)c2ccc(C)c(F)c2)CC1. The van der Waals surface area contributed by atoms with E-state index in [9.17, 15) is 14.0 Å². The Labute approximate surface area is 182 Å². The summed E-state index contributed by atoms with van der Waals surface area (Å²) in [6.45, 7) is 7.40. The minimum Gasteiger partial charge on any atom is -0.492 e. The molecule has 3 rings (SSSR count). The maximum atomic E-state index is 13.6. The van der Waals surface area contributed by atoms with Crippen molar-refractivity contribution in [3.63, 3.8) is 0 Å². The van der Waals surface area contributed by atoms with Crippen LogP contribution < -0.4 is 20.3 Å². The van der Waals surface area contributed by atoms with E-state index < -0.39 is 5.82 Å². The Morgan fingerprint density at radius 2 is 1.74 bits per heavy atom. The third-order valence-corrected chi connectivity index (χ3v) is 5.19. The molecule has 0 aliphatic carbocycles. The summed E-state index contributed by atoms with van der Waals surface area (Å²) in [5.74, 6) is 0.0748. The van der Waals surface area contributed by atoms with Crippen LogP contribution >= 0.6 is 0 Å². The Balaban J connectivity index is 1.40. The molecule has 1 fully saturated rings. The number of carbonyl (C=O) groups is 2. The number of piperazine rings is 1. The monoisotopic (exact) mass is 428 g/mol. The van der Waals surface area contributed by atoms with Crippen molar-refractivity contribution in [3.05, 3.63) is 59.4 Å². The number of benzene rings is 2. The summed E-state index contributed by atoms with van der Waals surface area (Å²) in [5.41, 5.74) is 1.79. The summed E-state index contributed by atoms with van der Waals surface area (Å²) >= 11 is 0. The van der Waals surface area contributed by atoms with E-state index in [1.165, 1.54) is 6.07 Å². The molecule has 1 aliphatic rings. The smallest absolute Gasteiger partial charge is 0.317 e. The van der Waals surface area contributed by atoms with Crippen molar-refractivity contribution in [1.29, 1.82) is 0 Å². The van der Waals surface area contributed by atoms with Crippen LogP contribution in [0.5, 0.6) is 5.75 Å². The maximum Gasteiger partial charge on any atom is 0.317 e. The molecule has 8 heteroatoms. The van der Waals surface area contributed by atoms with Gasteiger partial charge in [-0.3, -0.25) is 4.79 Å². The molecule has 1 heterocycles. The van der Waals surface area contributed by atoms with Crippen LogP contribution in [0.1, 0.15) is 22.8 Å². The number of aryl methyl sites for hydroxylation is 1. The third-order valence-electron chi connectivity index (χ3n) is 5.19. The summed E-state index contributed by atoms with van der Waals surface area (Å²) in [4.78, 5) is 28.5. The number of amides is 3. The Morgan fingerprint density at radius 3 is 2.45 bits per heavy atom. The van der Waals surface area contributed by atoms with Crippen LogP contribution in [-0.4, -0.2) is 62.7 Å². The van der Waals surface area contributed by atoms with Crippen LogP contribution in [0.3, 0.4) is 0 Å². The van der Waals surface area contributed by atoms with E-state index in [-0.39, 0.29) is 24.0 Å². The molecule has 1 aliphatic heterocycles. The minimum absolute atomic E-state index is 0.159. The zero-order chi connectivity index (χ0) is 22.2. The number of nitrogens with zero attached hydrogens (tertiary/aromatic N) is 2. The first kappa shape index (κ1) is 22.4. The first-order valence-electron chi connectivity index (χ1n) is 10.5. The number of rotatable bonds is 7. The van der Waals surface area contributed by atoms with Gasteiger partial charge in [0, 0.05) is 44.8 Å². The van der Waals surface area contributed by atoms with E-state index >= 15 is 0 Å². The van der Waals surface area contributed by atoms with Gasteiger partial charge < -0.3 is 25.2 Å². The number of urea groups is 1. The maximum absolute atomic E-state index is 13.6. The van der Waals surface area contributed by atoms with Crippen molar-refractivity contribution in [2.45, 2.75) is 13.8 Å². The highest BCUT2D eigenvalue weighted by Gasteiger charge is 2.22. The summed E-state index contributed by atoms with van der Waals surface area (Å²) in [6.07, 6.45) is 0. The second-order valence-corrected chi connectivity index (χ2v) is 7.33. The van der Waals surface area contributed by atoms with Gasteiger partial charge in [0.2, 0.25) is 0 Å². The van der Waals surface area contributed by atoms with Gasteiger partial charge in [-0.1, -0.05) is 18.2 Å². The van der Waals surface area contributed by atoms with E-state index in [1.807, 2.05) is 31.2 Å². The molecule has 0 bridgehead atoms. The fraction of sp³-hybridized carbons (Fsp3) is 0.391. The number of halogens is 1. The Morgan fingerprint density at radius 1 is 1.03 bits per heavy atom. The Bertz CT molecular complexity index is 913. The third kappa shape index (κ3) is 5.87. The summed E-state index contributed by atoms with van der Waals surface area (Å²) in [6, 6.07) is 12.1. The molecule has 31 heavy (non-hydrogen) atoms. The highest BCUT2D eigenvalue weighted by molar-refractivity contribution is 5.94. The number of nitrogens with one attached hydrogen (secondary N) is 2. The van der Waals surface area contributed by atoms with E-state index in [0.29, 0.717) is 44.9 Å². The largest absolute Gasteiger partial charge is 0.492 e. The normalized spacial score (nSPS) is 13.6. The number of hydrogen-bond donors (Lipinski definition) is 2. The lowest BCUT2D eigenvalue weighted by Crippen LogP contribution is -2.52. The lowest BCUT2D eigenvalue weighted by molar-refractivity contribution is 0.0953. The topological polar surface area (TPSA) is 73.9 Å².